The third-order valence-corrected chi connectivity index (χ3v) is 6.49. The summed E-state index contributed by atoms with van der Waals surface area (Å²) < 4.78 is 35.1. The van der Waals surface area contributed by atoms with Gasteiger partial charge in [-0.2, -0.15) is 12.0 Å². The molecule has 1 unspecified atom stereocenters. The minimum atomic E-state index is -4.49. The molecule has 1 atom stereocenters. The van der Waals surface area contributed by atoms with Gasteiger partial charge >= 0.3 is 10.4 Å². The van der Waals surface area contributed by atoms with Crippen molar-refractivity contribution in [1.29, 1.82) is 0 Å². The highest BCUT2D eigenvalue weighted by molar-refractivity contribution is 8.88. The van der Waals surface area contributed by atoms with Crippen molar-refractivity contribution < 1.29 is 16.6 Å². The van der Waals surface area contributed by atoms with Crippen LogP contribution in [0.3, 0.4) is 0 Å². The Kier molecular flexibility index (Phi) is 5.62. The fourth-order valence-electron chi connectivity index (χ4n) is 1.21. The van der Waals surface area contributed by atoms with E-state index in [4.69, 9.17) is 4.55 Å². The minimum absolute atomic E-state index is 0.534. The summed E-state index contributed by atoms with van der Waals surface area (Å²) in [6, 6.07) is 0. The van der Waals surface area contributed by atoms with Gasteiger partial charge in [0.25, 0.3) is 0 Å². The molecule has 7 nitrogen and oxygen atoms in total. The van der Waals surface area contributed by atoms with E-state index in [1.54, 1.807) is 4.90 Å². The van der Waals surface area contributed by atoms with Crippen LogP contribution in [0.5, 0.6) is 0 Å². The molecule has 0 aromatic heterocycles. The molecular formula is C8H17N3O4S3. The third-order valence-electron chi connectivity index (χ3n) is 2.05. The Balaban J connectivity index is 3.06. The van der Waals surface area contributed by atoms with Crippen molar-refractivity contribution in [1.82, 2.24) is 9.80 Å². The molecular weight excluding hydrogens is 298 g/mol. The Labute approximate surface area is 114 Å². The molecule has 0 fully saturated rings. The fraction of sp³-hybridized carbons (Fsp3) is 0.750. The van der Waals surface area contributed by atoms with Gasteiger partial charge in [0, 0.05) is 38.0 Å². The first kappa shape index (κ1) is 15.9. The molecule has 1 N–H and O–H groups in total. The summed E-state index contributed by atoms with van der Waals surface area (Å²) in [5.41, 5.74) is 0. The Hall–Kier alpha value is -0.130. The Morgan fingerprint density at radius 1 is 1.39 bits per heavy atom. The average Bonchev–Trinajstić information content (AvgIpc) is 2.62. The molecule has 0 bridgehead atoms. The van der Waals surface area contributed by atoms with Crippen molar-refractivity contribution in [3.8, 4) is 0 Å². The first-order valence-corrected chi connectivity index (χ1v) is 9.11. The van der Waals surface area contributed by atoms with E-state index in [1.807, 2.05) is 32.8 Å². The lowest BCUT2D eigenvalue weighted by Gasteiger charge is -2.17. The van der Waals surface area contributed by atoms with Gasteiger partial charge in [-0.05, 0) is 0 Å². The Bertz CT molecular complexity index is 468. The molecule has 0 amide bonds. The van der Waals surface area contributed by atoms with Crippen molar-refractivity contribution >= 4 is 41.3 Å². The van der Waals surface area contributed by atoms with E-state index < -0.39 is 20.2 Å². The van der Waals surface area contributed by atoms with Crippen LogP contribution in [-0.2, 0) is 14.0 Å². The largest absolute Gasteiger partial charge is 0.408 e. The van der Waals surface area contributed by atoms with Crippen molar-refractivity contribution in [2.24, 2.45) is 4.99 Å². The van der Waals surface area contributed by atoms with Gasteiger partial charge in [-0.1, -0.05) is 13.8 Å². The van der Waals surface area contributed by atoms with E-state index in [0.717, 1.165) is 0 Å². The maximum Gasteiger partial charge on any atom is 0.408 e. The summed E-state index contributed by atoms with van der Waals surface area (Å²) in [5, 5.41) is 1.19. The molecule has 0 radical (unpaired) electrons. The molecule has 0 saturated carbocycles. The zero-order valence-corrected chi connectivity index (χ0v) is 13.1. The number of hydrogen-bond donors (Lipinski definition) is 1. The highest BCUT2D eigenvalue weighted by Gasteiger charge is 2.27. The summed E-state index contributed by atoms with van der Waals surface area (Å²) in [4.78, 5) is 8.03. The number of amidine groups is 1. The predicted octanol–water partition coefficient (Wildman–Crippen LogP) is 0.998. The summed E-state index contributed by atoms with van der Waals surface area (Å²) in [6.07, 6.45) is 0. The van der Waals surface area contributed by atoms with E-state index in [-0.39, 0.29) is 0 Å². The second-order valence-corrected chi connectivity index (χ2v) is 7.73. The van der Waals surface area contributed by atoms with Gasteiger partial charge in [0.1, 0.15) is 0 Å². The van der Waals surface area contributed by atoms with Gasteiger partial charge in [0.15, 0.2) is 10.3 Å². The second kappa shape index (κ2) is 6.35. The molecule has 0 spiro atoms. The maximum atomic E-state index is 10.8. The van der Waals surface area contributed by atoms with Crippen molar-refractivity contribution in [3.63, 3.8) is 0 Å². The van der Waals surface area contributed by atoms with Crippen LogP contribution in [0.2, 0.25) is 0 Å². The topological polar surface area (TPSA) is 82.4 Å². The molecule has 1 aliphatic heterocycles. The monoisotopic (exact) mass is 315 g/mol. The van der Waals surface area contributed by atoms with Crippen LogP contribution < -0.4 is 0 Å². The van der Waals surface area contributed by atoms with Crippen LogP contribution in [0.4, 0.5) is 0 Å². The Morgan fingerprint density at radius 2 is 1.94 bits per heavy atom. The van der Waals surface area contributed by atoms with Crippen molar-refractivity contribution in [2.75, 3.05) is 27.2 Å². The van der Waals surface area contributed by atoms with Gasteiger partial charge in [-0.25, -0.2) is 4.99 Å². The van der Waals surface area contributed by atoms with Gasteiger partial charge in [0.2, 0.25) is 0 Å². The van der Waals surface area contributed by atoms with Crippen molar-refractivity contribution in [2.45, 2.75) is 13.8 Å². The first-order chi connectivity index (χ1) is 8.28. The van der Waals surface area contributed by atoms with E-state index in [1.165, 1.54) is 10.8 Å². The minimum Gasteiger partial charge on any atom is -0.357 e. The van der Waals surface area contributed by atoms with Crippen LogP contribution in [-0.4, -0.2) is 60.2 Å². The van der Waals surface area contributed by atoms with Gasteiger partial charge in [-0.3, -0.25) is 9.45 Å². The molecule has 106 valence electrons. The molecule has 0 saturated heterocycles. The highest BCUT2D eigenvalue weighted by Crippen LogP contribution is 2.42. The lowest BCUT2D eigenvalue weighted by molar-refractivity contribution is 0.408. The van der Waals surface area contributed by atoms with Gasteiger partial charge in [0.05, 0.1) is 9.80 Å². The number of nitrogens with zero attached hydrogens (tertiary/aromatic N) is 3. The van der Waals surface area contributed by atoms with E-state index in [9.17, 15) is 8.42 Å². The zero-order chi connectivity index (χ0) is 13.9. The molecule has 18 heavy (non-hydrogen) atoms. The fourth-order valence-corrected chi connectivity index (χ4v) is 5.86. The SMILES string of the molecule is CCN(CC)C1=S(OS(=O)(=O)O)SC(N(C)C)=N1. The zero-order valence-electron chi connectivity index (χ0n) is 10.7. The molecule has 0 aliphatic carbocycles. The van der Waals surface area contributed by atoms with E-state index in [0.29, 0.717) is 23.4 Å². The molecule has 10 heteroatoms. The van der Waals surface area contributed by atoms with Crippen LogP contribution in [0.1, 0.15) is 13.8 Å². The molecule has 1 aliphatic rings. The van der Waals surface area contributed by atoms with Crippen molar-refractivity contribution in [3.05, 3.63) is 0 Å². The molecule has 0 aromatic carbocycles. The third kappa shape index (κ3) is 4.21. The quantitative estimate of drug-likeness (QED) is 0.471. The number of rotatable bonds is 4. The Morgan fingerprint density at radius 3 is 2.33 bits per heavy atom. The van der Waals surface area contributed by atoms with Gasteiger partial charge in [-0.15, -0.1) is 0 Å². The molecule has 1 heterocycles. The smallest absolute Gasteiger partial charge is 0.357 e. The summed E-state index contributed by atoms with van der Waals surface area (Å²) in [7, 11) is -0.827. The second-order valence-electron chi connectivity index (χ2n) is 3.56. The maximum absolute atomic E-state index is 10.8. The number of aliphatic imine (C=N–C) groups is 1. The van der Waals surface area contributed by atoms with Crippen LogP contribution in [0.15, 0.2) is 4.99 Å². The van der Waals surface area contributed by atoms with E-state index in [2.05, 4.69) is 8.62 Å². The lowest BCUT2D eigenvalue weighted by atomic mass is 10.5. The lowest BCUT2D eigenvalue weighted by Crippen LogP contribution is -2.29. The normalized spacial score (nSPS) is 20.4. The van der Waals surface area contributed by atoms with Crippen LogP contribution in [0.25, 0.3) is 0 Å². The summed E-state index contributed by atoms with van der Waals surface area (Å²) in [6.45, 7) is 5.27. The summed E-state index contributed by atoms with van der Waals surface area (Å²) in [5.74, 6) is 0. The standard InChI is InChI=1S/C8H17N3O4S3/c1-5-11(6-2)8-9-7(10(3)4)16-17(8)15-18(12,13)14/h5-6H2,1-4H3,(H,12,13,14). The highest BCUT2D eigenvalue weighted by atomic mass is 33.1. The first-order valence-electron chi connectivity index (χ1n) is 5.26. The predicted molar refractivity (Wildman–Crippen MR) is 76.9 cm³/mol. The van der Waals surface area contributed by atoms with Gasteiger partial charge < -0.3 is 4.90 Å². The average molecular weight is 315 g/mol. The van der Waals surface area contributed by atoms with Crippen LogP contribution in [0, 0.1) is 0 Å². The summed E-state index contributed by atoms with van der Waals surface area (Å²) >= 11 is 0. The number of hydrogen-bond acceptors (Lipinski definition) is 7. The van der Waals surface area contributed by atoms with Crippen LogP contribution >= 0.6 is 20.6 Å². The van der Waals surface area contributed by atoms with E-state index >= 15 is 0 Å². The molecule has 1 rings (SSSR count). The molecule has 0 aromatic rings.